The lowest BCUT2D eigenvalue weighted by atomic mass is 9.87. The highest BCUT2D eigenvalue weighted by Crippen LogP contribution is 2.39. The van der Waals surface area contributed by atoms with Crippen molar-refractivity contribution in [2.75, 3.05) is 37.6 Å². The molecule has 2 aromatic rings. The van der Waals surface area contributed by atoms with Crippen molar-refractivity contribution in [1.29, 1.82) is 0 Å². The SMILES string of the molecule is CC(C)N1CCC[C@H]1[C@@H](C(=O)N1CCN(c2ncc3c(n2)[C@H](O)C[C@H]3C)CC1)c1ccc(Cl)cc1. The summed E-state index contributed by atoms with van der Waals surface area (Å²) in [5, 5.41) is 11.1. The molecule has 3 aliphatic rings. The number of hydrogen-bond acceptors (Lipinski definition) is 6. The van der Waals surface area contributed by atoms with Crippen LogP contribution in [0.3, 0.4) is 0 Å². The Bertz CT molecular complexity index is 1050. The number of benzene rings is 1. The maximum atomic E-state index is 14.0. The van der Waals surface area contributed by atoms with Crippen LogP contribution in [0.2, 0.25) is 5.02 Å². The van der Waals surface area contributed by atoms with Crippen LogP contribution in [0.4, 0.5) is 5.95 Å². The van der Waals surface area contributed by atoms with E-state index in [1.54, 1.807) is 0 Å². The Kier molecular flexibility index (Phi) is 7.02. The van der Waals surface area contributed by atoms with Crippen molar-refractivity contribution in [1.82, 2.24) is 19.8 Å². The van der Waals surface area contributed by atoms with E-state index in [0.717, 1.165) is 36.2 Å². The average Bonchev–Trinajstić information content (AvgIpc) is 3.45. The molecule has 1 amide bonds. The van der Waals surface area contributed by atoms with Crippen LogP contribution in [-0.2, 0) is 4.79 Å². The molecule has 2 aliphatic heterocycles. The number of aliphatic hydroxyl groups is 1. The van der Waals surface area contributed by atoms with Crippen molar-refractivity contribution in [3.8, 4) is 0 Å². The van der Waals surface area contributed by atoms with Crippen LogP contribution in [0.5, 0.6) is 0 Å². The van der Waals surface area contributed by atoms with Gasteiger partial charge in [0.2, 0.25) is 11.9 Å². The standard InChI is InChI=1S/C27H36ClN5O2/c1-17(2)33-10-4-5-22(33)24(19-6-8-20(28)9-7-19)26(35)31-11-13-32(14-12-31)27-29-16-21-18(3)15-23(34)25(21)30-27/h6-9,16-18,22-24,34H,4-5,10-15H2,1-3H3/t18-,22+,23-,24+/m1/s1. The number of hydrogen-bond donors (Lipinski definition) is 1. The fourth-order valence-corrected chi connectivity index (χ4v) is 6.23. The zero-order chi connectivity index (χ0) is 24.7. The number of amides is 1. The molecule has 1 aromatic carbocycles. The van der Waals surface area contributed by atoms with Crippen LogP contribution >= 0.6 is 11.6 Å². The van der Waals surface area contributed by atoms with E-state index in [4.69, 9.17) is 16.6 Å². The van der Waals surface area contributed by atoms with Gasteiger partial charge in [0.15, 0.2) is 0 Å². The van der Waals surface area contributed by atoms with Gasteiger partial charge >= 0.3 is 0 Å². The van der Waals surface area contributed by atoms with Gasteiger partial charge < -0.3 is 14.9 Å². The normalized spacial score (nSPS) is 25.8. The monoisotopic (exact) mass is 497 g/mol. The number of anilines is 1. The summed E-state index contributed by atoms with van der Waals surface area (Å²) < 4.78 is 0. The molecule has 5 rings (SSSR count). The summed E-state index contributed by atoms with van der Waals surface area (Å²) in [5.41, 5.74) is 2.86. The number of aliphatic hydroxyl groups excluding tert-OH is 1. The summed E-state index contributed by atoms with van der Waals surface area (Å²) in [6, 6.07) is 8.42. The van der Waals surface area contributed by atoms with Crippen LogP contribution in [0.15, 0.2) is 30.5 Å². The number of carbonyl (C=O) groups excluding carboxylic acids is 1. The highest BCUT2D eigenvalue weighted by Gasteiger charge is 2.40. The summed E-state index contributed by atoms with van der Waals surface area (Å²) >= 11 is 6.17. The van der Waals surface area contributed by atoms with Gasteiger partial charge in [0.25, 0.3) is 0 Å². The number of fused-ring (bicyclic) bond motifs is 1. The molecule has 2 saturated heterocycles. The Morgan fingerprint density at radius 1 is 1.11 bits per heavy atom. The van der Waals surface area contributed by atoms with Gasteiger partial charge in [-0.15, -0.1) is 0 Å². The van der Waals surface area contributed by atoms with Gasteiger partial charge in [0.05, 0.1) is 17.7 Å². The molecule has 1 aromatic heterocycles. The molecule has 0 saturated carbocycles. The predicted molar refractivity (Wildman–Crippen MR) is 138 cm³/mol. The molecule has 0 radical (unpaired) electrons. The maximum Gasteiger partial charge on any atom is 0.231 e. The van der Waals surface area contributed by atoms with Crippen molar-refractivity contribution in [3.05, 3.63) is 52.3 Å². The van der Waals surface area contributed by atoms with E-state index in [2.05, 4.69) is 35.6 Å². The number of carbonyl (C=O) groups is 1. The van der Waals surface area contributed by atoms with E-state index in [-0.39, 0.29) is 23.8 Å². The lowest BCUT2D eigenvalue weighted by Gasteiger charge is -2.40. The molecule has 0 bridgehead atoms. The van der Waals surface area contributed by atoms with Crippen molar-refractivity contribution in [3.63, 3.8) is 0 Å². The lowest BCUT2D eigenvalue weighted by molar-refractivity contribution is -0.134. The minimum atomic E-state index is -0.514. The first-order valence-corrected chi connectivity index (χ1v) is 13.3. The van der Waals surface area contributed by atoms with Crippen molar-refractivity contribution < 1.29 is 9.90 Å². The zero-order valence-corrected chi connectivity index (χ0v) is 21.7. The maximum absolute atomic E-state index is 14.0. The van der Waals surface area contributed by atoms with Crippen molar-refractivity contribution in [2.45, 2.75) is 70.1 Å². The number of rotatable bonds is 5. The number of halogens is 1. The topological polar surface area (TPSA) is 72.8 Å². The van der Waals surface area contributed by atoms with Crippen LogP contribution in [0.1, 0.15) is 74.8 Å². The molecule has 0 spiro atoms. The Hall–Kier alpha value is -2.22. The van der Waals surface area contributed by atoms with E-state index < -0.39 is 6.10 Å². The van der Waals surface area contributed by atoms with E-state index in [1.807, 2.05) is 35.4 Å². The molecule has 8 heteroatoms. The van der Waals surface area contributed by atoms with Crippen LogP contribution in [0.25, 0.3) is 0 Å². The highest BCUT2D eigenvalue weighted by atomic mass is 35.5. The molecule has 1 N–H and O–H groups in total. The molecule has 1 aliphatic carbocycles. The summed E-state index contributed by atoms with van der Waals surface area (Å²) in [6.45, 7) is 10.2. The van der Waals surface area contributed by atoms with Crippen LogP contribution in [-0.4, -0.2) is 75.6 Å². The number of nitrogens with zero attached hydrogens (tertiary/aromatic N) is 5. The lowest BCUT2D eigenvalue weighted by Crippen LogP contribution is -2.53. The van der Waals surface area contributed by atoms with Gasteiger partial charge in [-0.1, -0.05) is 30.7 Å². The van der Waals surface area contributed by atoms with E-state index in [9.17, 15) is 9.90 Å². The van der Waals surface area contributed by atoms with Crippen LogP contribution in [0, 0.1) is 0 Å². The van der Waals surface area contributed by atoms with E-state index in [0.29, 0.717) is 49.6 Å². The van der Waals surface area contributed by atoms with Crippen molar-refractivity contribution >= 4 is 23.5 Å². The summed E-state index contributed by atoms with van der Waals surface area (Å²) in [6.07, 6.45) is 4.21. The second-order valence-electron chi connectivity index (χ2n) is 10.5. The Morgan fingerprint density at radius 3 is 2.51 bits per heavy atom. The molecule has 2 fully saturated rings. The fourth-order valence-electron chi connectivity index (χ4n) is 6.10. The molecule has 0 unspecified atom stereocenters. The van der Waals surface area contributed by atoms with Gasteiger partial charge in [0.1, 0.15) is 0 Å². The first-order valence-electron chi connectivity index (χ1n) is 12.9. The van der Waals surface area contributed by atoms with Gasteiger partial charge in [-0.05, 0) is 68.8 Å². The van der Waals surface area contributed by atoms with Crippen molar-refractivity contribution in [2.24, 2.45) is 0 Å². The fraction of sp³-hybridized carbons (Fsp3) is 0.593. The van der Waals surface area contributed by atoms with Gasteiger partial charge in [0, 0.05) is 49.5 Å². The first kappa shape index (κ1) is 24.5. The molecule has 3 heterocycles. The highest BCUT2D eigenvalue weighted by molar-refractivity contribution is 6.30. The Labute approximate surface area is 213 Å². The number of likely N-dealkylation sites (tertiary alicyclic amines) is 1. The quantitative estimate of drug-likeness (QED) is 0.673. The minimum Gasteiger partial charge on any atom is -0.387 e. The van der Waals surface area contributed by atoms with E-state index >= 15 is 0 Å². The largest absolute Gasteiger partial charge is 0.387 e. The summed E-state index contributed by atoms with van der Waals surface area (Å²) in [7, 11) is 0. The van der Waals surface area contributed by atoms with Gasteiger partial charge in [-0.2, -0.15) is 0 Å². The minimum absolute atomic E-state index is 0.198. The molecule has 7 nitrogen and oxygen atoms in total. The molecule has 35 heavy (non-hydrogen) atoms. The molecule has 188 valence electrons. The smallest absolute Gasteiger partial charge is 0.231 e. The molecule has 4 atom stereocenters. The van der Waals surface area contributed by atoms with Crippen LogP contribution < -0.4 is 4.90 Å². The second kappa shape index (κ2) is 10.0. The Balaban J connectivity index is 1.32. The summed E-state index contributed by atoms with van der Waals surface area (Å²) in [4.78, 5) is 29.9. The third-order valence-corrected chi connectivity index (χ3v) is 8.27. The molecular formula is C27H36ClN5O2. The number of aromatic nitrogens is 2. The molecular weight excluding hydrogens is 462 g/mol. The van der Waals surface area contributed by atoms with Gasteiger partial charge in [-0.3, -0.25) is 9.69 Å². The number of piperazine rings is 1. The van der Waals surface area contributed by atoms with Gasteiger partial charge in [-0.25, -0.2) is 9.97 Å². The van der Waals surface area contributed by atoms with E-state index in [1.165, 1.54) is 0 Å². The second-order valence-corrected chi connectivity index (χ2v) is 11.0. The Morgan fingerprint density at radius 2 is 1.83 bits per heavy atom. The zero-order valence-electron chi connectivity index (χ0n) is 20.9. The average molecular weight is 498 g/mol. The third-order valence-electron chi connectivity index (χ3n) is 8.02. The predicted octanol–water partition coefficient (Wildman–Crippen LogP) is 3.98. The third kappa shape index (κ3) is 4.78. The summed E-state index contributed by atoms with van der Waals surface area (Å²) in [5.74, 6) is 0.939. The first-order chi connectivity index (χ1) is 16.8.